The molecule has 4 heterocycles. The molecule has 0 spiro atoms. The average molecular weight is 580 g/mol. The number of fused-ring (bicyclic) bond motifs is 9. The third-order valence-corrected chi connectivity index (χ3v) is 9.70. The second-order valence-corrected chi connectivity index (χ2v) is 12.0. The molecular weight excluding hydrogens is 550 g/mol. The number of hydrogen-bond donors (Lipinski definition) is 1. The van der Waals surface area contributed by atoms with Crippen molar-refractivity contribution in [3.05, 3.63) is 163 Å². The highest BCUT2D eigenvalue weighted by Crippen LogP contribution is 2.46. The molecule has 0 saturated carbocycles. The van der Waals surface area contributed by atoms with E-state index in [2.05, 4.69) is 171 Å². The summed E-state index contributed by atoms with van der Waals surface area (Å²) in [5, 5.41) is 8.85. The van der Waals surface area contributed by atoms with Crippen LogP contribution in [0.1, 0.15) is 17.6 Å². The summed E-state index contributed by atoms with van der Waals surface area (Å²) in [7, 11) is 0. The minimum absolute atomic E-state index is 0.152. The monoisotopic (exact) mass is 579 g/mol. The second-order valence-electron chi connectivity index (χ2n) is 12.0. The Bertz CT molecular complexity index is 2350. The normalized spacial score (nSPS) is 20.4. The van der Waals surface area contributed by atoms with Gasteiger partial charge in [-0.2, -0.15) is 4.99 Å². The van der Waals surface area contributed by atoms with Gasteiger partial charge < -0.3 is 14.8 Å². The van der Waals surface area contributed by atoms with Crippen molar-refractivity contribution >= 4 is 55.3 Å². The Hall–Kier alpha value is -5.81. The van der Waals surface area contributed by atoms with Crippen LogP contribution < -0.4 is 10.2 Å². The number of benzene rings is 5. The standard InChI is InChI=1S/C40H29N5/c1-7-19-32-26(13-1)27-14-2-8-20-33(27)43(32)38-25-39(44-34-21-9-3-15-28(34)29-16-4-10-22-35(29)44)42-40(41-38)45-36-23-11-5-17-30(36)31-18-6-12-24-37(31)45/h1-26,32,39H,(H,41,42). The maximum atomic E-state index is 5.50. The first kappa shape index (κ1) is 24.6. The molecule has 45 heavy (non-hydrogen) atoms. The molecule has 5 aromatic carbocycles. The largest absolute Gasteiger partial charge is 0.331 e. The first-order valence-corrected chi connectivity index (χ1v) is 15.6. The van der Waals surface area contributed by atoms with Crippen LogP contribution >= 0.6 is 0 Å². The Morgan fingerprint density at radius 2 is 1.09 bits per heavy atom. The highest BCUT2D eigenvalue weighted by molar-refractivity contribution is 6.14. The molecule has 0 radical (unpaired) electrons. The molecule has 3 atom stereocenters. The molecule has 5 nitrogen and oxygen atoms in total. The van der Waals surface area contributed by atoms with E-state index in [-0.39, 0.29) is 18.1 Å². The third kappa shape index (κ3) is 3.46. The van der Waals surface area contributed by atoms with E-state index in [4.69, 9.17) is 4.99 Å². The maximum absolute atomic E-state index is 5.50. The first-order valence-electron chi connectivity index (χ1n) is 15.6. The number of hydrogen-bond acceptors (Lipinski definition) is 3. The molecule has 0 saturated heterocycles. The fourth-order valence-corrected chi connectivity index (χ4v) is 7.84. The van der Waals surface area contributed by atoms with E-state index in [0.29, 0.717) is 0 Å². The summed E-state index contributed by atoms with van der Waals surface area (Å²) in [6.07, 6.45) is 11.1. The summed E-state index contributed by atoms with van der Waals surface area (Å²) in [6, 6.07) is 43.6. The van der Waals surface area contributed by atoms with Gasteiger partial charge in [0.15, 0.2) is 0 Å². The van der Waals surface area contributed by atoms with Crippen LogP contribution in [0.2, 0.25) is 0 Å². The Balaban J connectivity index is 1.26. The van der Waals surface area contributed by atoms with Crippen LogP contribution in [-0.4, -0.2) is 21.1 Å². The van der Waals surface area contributed by atoms with Crippen molar-refractivity contribution in [2.45, 2.75) is 18.1 Å². The molecule has 3 unspecified atom stereocenters. The fourth-order valence-electron chi connectivity index (χ4n) is 7.84. The summed E-state index contributed by atoms with van der Waals surface area (Å²) in [6.45, 7) is 0. The van der Waals surface area contributed by atoms with Crippen LogP contribution in [0.4, 0.5) is 5.69 Å². The SMILES string of the molecule is C1=CC2c3ccccc3N(C3=CC(n4c5ccccc5c5ccccc54)NC(n4c5ccccc5c5ccccc54)=N3)C2C=C1. The van der Waals surface area contributed by atoms with Crippen molar-refractivity contribution in [1.29, 1.82) is 0 Å². The molecule has 3 aliphatic rings. The van der Waals surface area contributed by atoms with Crippen molar-refractivity contribution in [2.24, 2.45) is 4.99 Å². The molecule has 10 rings (SSSR count). The third-order valence-electron chi connectivity index (χ3n) is 9.70. The van der Waals surface area contributed by atoms with Gasteiger partial charge in [-0.3, -0.25) is 4.57 Å². The summed E-state index contributed by atoms with van der Waals surface area (Å²) >= 11 is 0. The van der Waals surface area contributed by atoms with Gasteiger partial charge in [0.05, 0.1) is 28.1 Å². The molecule has 0 amide bonds. The minimum atomic E-state index is -0.188. The molecular formula is C40H29N5. The fraction of sp³-hybridized carbons (Fsp3) is 0.0750. The lowest BCUT2D eigenvalue weighted by molar-refractivity contribution is 0.574. The zero-order valence-corrected chi connectivity index (χ0v) is 24.5. The van der Waals surface area contributed by atoms with Crippen LogP contribution in [0.3, 0.4) is 0 Å². The van der Waals surface area contributed by atoms with Crippen LogP contribution in [0, 0.1) is 0 Å². The second kappa shape index (κ2) is 9.34. The number of nitrogens with one attached hydrogen (secondary N) is 1. The smallest absolute Gasteiger partial charge is 0.211 e. The van der Waals surface area contributed by atoms with Gasteiger partial charge in [-0.1, -0.05) is 115 Å². The summed E-state index contributed by atoms with van der Waals surface area (Å²) in [5.74, 6) is 2.03. The van der Waals surface area contributed by atoms with Crippen LogP contribution in [0.25, 0.3) is 43.6 Å². The summed E-state index contributed by atoms with van der Waals surface area (Å²) in [5.41, 5.74) is 7.19. The van der Waals surface area contributed by atoms with Gasteiger partial charge in [0.2, 0.25) is 5.96 Å². The number of rotatable bonds is 2. The van der Waals surface area contributed by atoms with E-state index in [1.54, 1.807) is 0 Å². The quantitative estimate of drug-likeness (QED) is 0.222. The number of allylic oxidation sites excluding steroid dienone is 2. The zero-order valence-electron chi connectivity index (χ0n) is 24.5. The van der Waals surface area contributed by atoms with E-state index in [0.717, 1.165) is 22.8 Å². The molecule has 1 N–H and O–H groups in total. The molecule has 1 aliphatic carbocycles. The van der Waals surface area contributed by atoms with Gasteiger partial charge >= 0.3 is 0 Å². The van der Waals surface area contributed by atoms with E-state index < -0.39 is 0 Å². The summed E-state index contributed by atoms with van der Waals surface area (Å²) in [4.78, 5) is 7.94. The number of aromatic nitrogens is 2. The maximum Gasteiger partial charge on any atom is 0.211 e. The Kier molecular flexibility index (Phi) is 5.11. The molecule has 0 bridgehead atoms. The molecule has 0 fully saturated rings. The lowest BCUT2D eigenvalue weighted by atomic mass is 9.91. The van der Waals surface area contributed by atoms with Crippen molar-refractivity contribution in [2.75, 3.05) is 4.90 Å². The topological polar surface area (TPSA) is 37.5 Å². The van der Waals surface area contributed by atoms with Crippen molar-refractivity contribution in [1.82, 2.24) is 14.5 Å². The lowest BCUT2D eigenvalue weighted by Crippen LogP contribution is -2.42. The van der Waals surface area contributed by atoms with Crippen molar-refractivity contribution in [3.63, 3.8) is 0 Å². The number of anilines is 1. The van der Waals surface area contributed by atoms with Gasteiger partial charge in [-0.25, -0.2) is 0 Å². The van der Waals surface area contributed by atoms with Gasteiger partial charge in [0.1, 0.15) is 12.0 Å². The lowest BCUT2D eigenvalue weighted by Gasteiger charge is -2.34. The average Bonchev–Trinajstić information content (AvgIpc) is 3.74. The van der Waals surface area contributed by atoms with Gasteiger partial charge in [0.25, 0.3) is 0 Å². The Morgan fingerprint density at radius 3 is 1.76 bits per heavy atom. The van der Waals surface area contributed by atoms with E-state index in [1.807, 2.05) is 0 Å². The van der Waals surface area contributed by atoms with E-state index >= 15 is 0 Å². The zero-order chi connectivity index (χ0) is 29.5. The van der Waals surface area contributed by atoms with Crippen LogP contribution in [-0.2, 0) is 0 Å². The molecule has 7 aromatic rings. The molecule has 2 aliphatic heterocycles. The van der Waals surface area contributed by atoms with Crippen LogP contribution in [0.5, 0.6) is 0 Å². The predicted molar refractivity (Wildman–Crippen MR) is 186 cm³/mol. The molecule has 214 valence electrons. The number of para-hydroxylation sites is 5. The minimum Gasteiger partial charge on any atom is -0.331 e. The number of aliphatic imine (C=N–C) groups is 1. The first-order chi connectivity index (χ1) is 22.3. The predicted octanol–water partition coefficient (Wildman–Crippen LogP) is 8.85. The molecule has 5 heteroatoms. The van der Waals surface area contributed by atoms with Gasteiger partial charge in [0, 0.05) is 39.2 Å². The van der Waals surface area contributed by atoms with Crippen LogP contribution in [0.15, 0.2) is 163 Å². The Labute approximate surface area is 260 Å². The summed E-state index contributed by atoms with van der Waals surface area (Å²) < 4.78 is 4.73. The number of nitrogens with zero attached hydrogens (tertiary/aromatic N) is 4. The highest BCUT2D eigenvalue weighted by Gasteiger charge is 2.39. The van der Waals surface area contributed by atoms with Gasteiger partial charge in [-0.05, 0) is 35.9 Å². The van der Waals surface area contributed by atoms with E-state index in [1.165, 1.54) is 43.8 Å². The Morgan fingerprint density at radius 1 is 0.556 bits per heavy atom. The van der Waals surface area contributed by atoms with Gasteiger partial charge in [-0.15, -0.1) is 0 Å². The van der Waals surface area contributed by atoms with Crippen molar-refractivity contribution in [3.8, 4) is 0 Å². The highest BCUT2D eigenvalue weighted by atomic mass is 15.4. The van der Waals surface area contributed by atoms with E-state index in [9.17, 15) is 0 Å². The van der Waals surface area contributed by atoms with Crippen molar-refractivity contribution < 1.29 is 0 Å². The molecule has 2 aromatic heterocycles.